The fourth-order valence-electron chi connectivity index (χ4n) is 2.97. The van der Waals surface area contributed by atoms with Gasteiger partial charge in [-0.25, -0.2) is 4.79 Å². The molecule has 4 atom stereocenters. The van der Waals surface area contributed by atoms with Crippen molar-refractivity contribution in [3.05, 3.63) is 17.2 Å². The monoisotopic (exact) mass is 328 g/mol. The van der Waals surface area contributed by atoms with E-state index in [1.807, 2.05) is 0 Å². The van der Waals surface area contributed by atoms with Crippen molar-refractivity contribution in [2.45, 2.75) is 30.5 Å². The van der Waals surface area contributed by atoms with Crippen molar-refractivity contribution in [3.8, 4) is 17.2 Å². The van der Waals surface area contributed by atoms with Gasteiger partial charge in [0.2, 0.25) is 11.5 Å². The maximum Gasteiger partial charge on any atom is 0.341 e. The summed E-state index contributed by atoms with van der Waals surface area (Å²) in [5, 5.41) is 49.2. The first-order valence-corrected chi connectivity index (χ1v) is 6.84. The minimum Gasteiger partial charge on any atom is -0.504 e. The Balaban J connectivity index is 2.09. The molecule has 2 aliphatic rings. The number of fused-ring (bicyclic) bond motifs is 1. The number of carbonyl (C=O) groups excluding carboxylic acids is 1. The minimum atomic E-state index is -1.93. The van der Waals surface area contributed by atoms with Gasteiger partial charge in [0, 0.05) is 12.0 Å². The molecule has 0 aromatic heterocycles. The molecule has 0 radical (unpaired) electrons. The molecule has 3 rings (SSSR count). The molecule has 1 fully saturated rings. The number of phenolic OH excluding ortho intramolecular Hbond substituents is 2. The summed E-state index contributed by atoms with van der Waals surface area (Å²) in [6.07, 6.45) is -4.50. The van der Waals surface area contributed by atoms with Gasteiger partial charge in [-0.3, -0.25) is 0 Å². The SMILES string of the molecule is COc1c(O)cc2c(c1O)CC1(OC2=O)OC(CO)C(O)C1O. The van der Waals surface area contributed by atoms with E-state index in [1.54, 1.807) is 0 Å². The molecular formula is C14H16O9. The summed E-state index contributed by atoms with van der Waals surface area (Å²) in [7, 11) is 1.23. The topological polar surface area (TPSA) is 146 Å². The summed E-state index contributed by atoms with van der Waals surface area (Å²) < 4.78 is 15.3. The van der Waals surface area contributed by atoms with Crippen molar-refractivity contribution in [1.82, 2.24) is 0 Å². The van der Waals surface area contributed by atoms with Gasteiger partial charge in [0.05, 0.1) is 19.3 Å². The summed E-state index contributed by atoms with van der Waals surface area (Å²) in [5.41, 5.74) is -0.0649. The lowest BCUT2D eigenvalue weighted by Crippen LogP contribution is -2.51. The molecule has 23 heavy (non-hydrogen) atoms. The van der Waals surface area contributed by atoms with E-state index in [1.165, 1.54) is 7.11 Å². The molecule has 1 aromatic rings. The molecule has 0 bridgehead atoms. The fraction of sp³-hybridized carbons (Fsp3) is 0.500. The van der Waals surface area contributed by atoms with Crippen molar-refractivity contribution in [1.29, 1.82) is 0 Å². The van der Waals surface area contributed by atoms with Gasteiger partial charge in [0.25, 0.3) is 0 Å². The van der Waals surface area contributed by atoms with Crippen molar-refractivity contribution in [2.24, 2.45) is 0 Å². The lowest BCUT2D eigenvalue weighted by molar-refractivity contribution is -0.232. The highest BCUT2D eigenvalue weighted by Crippen LogP contribution is 2.47. The number of phenols is 2. The predicted molar refractivity (Wildman–Crippen MR) is 72.1 cm³/mol. The van der Waals surface area contributed by atoms with Crippen LogP contribution in [-0.4, -0.2) is 69.3 Å². The average Bonchev–Trinajstić information content (AvgIpc) is 2.74. The largest absolute Gasteiger partial charge is 0.504 e. The number of hydrogen-bond donors (Lipinski definition) is 5. The molecule has 5 N–H and O–H groups in total. The van der Waals surface area contributed by atoms with Crippen LogP contribution in [0.3, 0.4) is 0 Å². The second-order valence-corrected chi connectivity index (χ2v) is 5.46. The van der Waals surface area contributed by atoms with E-state index >= 15 is 0 Å². The Morgan fingerprint density at radius 3 is 2.65 bits per heavy atom. The molecule has 9 nitrogen and oxygen atoms in total. The Bertz CT molecular complexity index is 658. The van der Waals surface area contributed by atoms with E-state index in [2.05, 4.69) is 0 Å². The van der Waals surface area contributed by atoms with Gasteiger partial charge in [-0.05, 0) is 6.07 Å². The minimum absolute atomic E-state index is 0.0424. The Morgan fingerprint density at radius 1 is 1.39 bits per heavy atom. The number of esters is 1. The number of benzene rings is 1. The molecule has 2 heterocycles. The Kier molecular flexibility index (Phi) is 3.60. The first-order valence-electron chi connectivity index (χ1n) is 6.84. The maximum absolute atomic E-state index is 12.2. The molecule has 0 aliphatic carbocycles. The van der Waals surface area contributed by atoms with Gasteiger partial charge in [-0.2, -0.15) is 0 Å². The lowest BCUT2D eigenvalue weighted by Gasteiger charge is -2.36. The zero-order valence-electron chi connectivity index (χ0n) is 12.1. The molecule has 0 saturated carbocycles. The van der Waals surface area contributed by atoms with Gasteiger partial charge in [0.1, 0.15) is 18.3 Å². The van der Waals surface area contributed by atoms with Crippen LogP contribution in [-0.2, 0) is 15.9 Å². The normalized spacial score (nSPS) is 32.7. The molecule has 9 heteroatoms. The van der Waals surface area contributed by atoms with Crippen LogP contribution in [0.5, 0.6) is 17.2 Å². The van der Waals surface area contributed by atoms with Crippen LogP contribution in [0.1, 0.15) is 15.9 Å². The van der Waals surface area contributed by atoms with Crippen LogP contribution in [0.2, 0.25) is 0 Å². The number of methoxy groups -OCH3 is 1. The Labute approximate surface area is 130 Å². The first-order chi connectivity index (χ1) is 10.8. The number of aliphatic hydroxyl groups excluding tert-OH is 3. The number of rotatable bonds is 2. The van der Waals surface area contributed by atoms with E-state index < -0.39 is 48.2 Å². The molecule has 1 saturated heterocycles. The maximum atomic E-state index is 12.2. The number of aromatic hydroxyl groups is 2. The van der Waals surface area contributed by atoms with Gasteiger partial charge in [-0.1, -0.05) is 0 Å². The lowest BCUT2D eigenvalue weighted by atomic mass is 9.91. The van der Waals surface area contributed by atoms with E-state index in [0.717, 1.165) is 6.07 Å². The standard InChI is InChI=1S/C14H16O9/c1-21-11-7(16)2-5-6(9(11)17)3-14(23-13(5)20)12(19)10(18)8(4-15)22-14/h2,8,10,12,15-19H,3-4H2,1H3. The van der Waals surface area contributed by atoms with Gasteiger partial charge < -0.3 is 39.7 Å². The molecule has 0 amide bonds. The van der Waals surface area contributed by atoms with E-state index in [-0.39, 0.29) is 23.3 Å². The summed E-state index contributed by atoms with van der Waals surface area (Å²) >= 11 is 0. The van der Waals surface area contributed by atoms with Crippen molar-refractivity contribution in [2.75, 3.05) is 13.7 Å². The van der Waals surface area contributed by atoms with Crippen LogP contribution in [0.25, 0.3) is 0 Å². The van der Waals surface area contributed by atoms with E-state index in [4.69, 9.17) is 19.3 Å². The summed E-state index contributed by atoms with van der Waals surface area (Å²) in [6, 6.07) is 1.07. The zero-order valence-corrected chi connectivity index (χ0v) is 12.1. The number of hydrogen-bond acceptors (Lipinski definition) is 9. The third kappa shape index (κ3) is 2.12. The Morgan fingerprint density at radius 2 is 2.09 bits per heavy atom. The highest BCUT2D eigenvalue weighted by molar-refractivity contribution is 5.94. The van der Waals surface area contributed by atoms with Crippen LogP contribution in [0.4, 0.5) is 0 Å². The second-order valence-electron chi connectivity index (χ2n) is 5.46. The smallest absolute Gasteiger partial charge is 0.341 e. The van der Waals surface area contributed by atoms with Gasteiger partial charge >= 0.3 is 5.97 Å². The van der Waals surface area contributed by atoms with Crippen molar-refractivity contribution >= 4 is 5.97 Å². The molecular weight excluding hydrogens is 312 g/mol. The average molecular weight is 328 g/mol. The highest BCUT2D eigenvalue weighted by atomic mass is 16.7. The van der Waals surface area contributed by atoms with Crippen molar-refractivity contribution in [3.63, 3.8) is 0 Å². The number of ether oxygens (including phenoxy) is 3. The van der Waals surface area contributed by atoms with Crippen LogP contribution in [0.15, 0.2) is 6.07 Å². The van der Waals surface area contributed by atoms with Crippen molar-refractivity contribution < 1.29 is 44.5 Å². The Hall–Kier alpha value is -2.07. The number of carbonyl (C=O) groups is 1. The van der Waals surface area contributed by atoms with Gasteiger partial charge in [-0.15, -0.1) is 0 Å². The van der Waals surface area contributed by atoms with Crippen LogP contribution >= 0.6 is 0 Å². The third-order valence-corrected chi connectivity index (χ3v) is 4.14. The highest BCUT2D eigenvalue weighted by Gasteiger charge is 2.59. The fourth-order valence-corrected chi connectivity index (χ4v) is 2.97. The molecule has 2 aliphatic heterocycles. The molecule has 4 unspecified atom stereocenters. The zero-order chi connectivity index (χ0) is 16.9. The summed E-state index contributed by atoms with van der Waals surface area (Å²) in [4.78, 5) is 12.2. The second kappa shape index (κ2) is 5.24. The van der Waals surface area contributed by atoms with Crippen LogP contribution in [0, 0.1) is 0 Å². The molecule has 1 spiro atoms. The third-order valence-electron chi connectivity index (χ3n) is 4.14. The predicted octanol–water partition coefficient (Wildman–Crippen LogP) is -1.37. The van der Waals surface area contributed by atoms with Crippen LogP contribution < -0.4 is 4.74 Å². The molecule has 126 valence electrons. The summed E-state index contributed by atoms with van der Waals surface area (Å²) in [5.74, 6) is -4.06. The van der Waals surface area contributed by atoms with E-state index in [9.17, 15) is 25.2 Å². The van der Waals surface area contributed by atoms with E-state index in [0.29, 0.717) is 0 Å². The van der Waals surface area contributed by atoms with Gasteiger partial charge in [0.15, 0.2) is 11.5 Å². The first kappa shape index (κ1) is 15.8. The molecule has 1 aromatic carbocycles. The number of aliphatic hydroxyl groups is 3. The summed E-state index contributed by atoms with van der Waals surface area (Å²) in [6.45, 7) is -0.588. The quantitative estimate of drug-likeness (QED) is 0.415.